The summed E-state index contributed by atoms with van der Waals surface area (Å²) in [7, 11) is 0. The van der Waals surface area contributed by atoms with E-state index in [0.717, 1.165) is 19.4 Å². The van der Waals surface area contributed by atoms with E-state index in [2.05, 4.69) is 10.6 Å². The van der Waals surface area contributed by atoms with Crippen molar-refractivity contribution in [2.24, 2.45) is 5.18 Å². The van der Waals surface area contributed by atoms with Gasteiger partial charge in [-0.1, -0.05) is 5.18 Å². The van der Waals surface area contributed by atoms with Crippen molar-refractivity contribution in [1.29, 1.82) is 0 Å². The van der Waals surface area contributed by atoms with E-state index < -0.39 is 11.7 Å². The van der Waals surface area contributed by atoms with Gasteiger partial charge in [0.1, 0.15) is 5.60 Å². The molecule has 92 valence electrons. The van der Waals surface area contributed by atoms with Crippen LogP contribution in [0.15, 0.2) is 5.18 Å². The molecular formula is C10H19N3O3. The second-order valence-electron chi connectivity index (χ2n) is 4.91. The van der Waals surface area contributed by atoms with Crippen LogP contribution in [-0.4, -0.2) is 35.8 Å². The summed E-state index contributed by atoms with van der Waals surface area (Å²) in [4.78, 5) is 21.7. The van der Waals surface area contributed by atoms with E-state index in [1.165, 1.54) is 0 Å². The van der Waals surface area contributed by atoms with Gasteiger partial charge in [-0.15, -0.1) is 0 Å². The third kappa shape index (κ3) is 4.14. The maximum absolute atomic E-state index is 11.5. The summed E-state index contributed by atoms with van der Waals surface area (Å²) in [5.74, 6) is 0. The Labute approximate surface area is 95.3 Å². The molecule has 0 bridgehead atoms. The third-order valence-electron chi connectivity index (χ3n) is 2.30. The molecule has 0 aromatic carbocycles. The maximum atomic E-state index is 11.5. The number of carbonyl (C=O) groups is 1. The molecule has 1 rings (SSSR count). The highest BCUT2D eigenvalue weighted by molar-refractivity contribution is 5.67. The van der Waals surface area contributed by atoms with Gasteiger partial charge in [0.2, 0.25) is 0 Å². The number of ether oxygens (including phenoxy) is 1. The molecule has 1 amide bonds. The van der Waals surface area contributed by atoms with E-state index in [0.29, 0.717) is 0 Å². The second-order valence-corrected chi connectivity index (χ2v) is 4.91. The molecule has 1 unspecified atom stereocenters. The third-order valence-corrected chi connectivity index (χ3v) is 2.30. The summed E-state index contributed by atoms with van der Waals surface area (Å²) in [6, 6.07) is 0.00465. The first-order valence-corrected chi connectivity index (χ1v) is 5.48. The average Bonchev–Trinajstić information content (AvgIpc) is 2.50. The number of nitroso groups, excluding NO2 is 1. The van der Waals surface area contributed by atoms with Gasteiger partial charge in [-0.05, 0) is 33.6 Å². The molecule has 0 aromatic rings. The Balaban J connectivity index is 2.41. The van der Waals surface area contributed by atoms with Crippen LogP contribution in [-0.2, 0) is 4.74 Å². The second kappa shape index (κ2) is 5.25. The Hall–Kier alpha value is -1.17. The Bertz CT molecular complexity index is 263. The molecule has 16 heavy (non-hydrogen) atoms. The topological polar surface area (TPSA) is 71.0 Å². The first kappa shape index (κ1) is 12.9. The van der Waals surface area contributed by atoms with Gasteiger partial charge in [0.15, 0.2) is 0 Å². The molecule has 0 radical (unpaired) electrons. The molecule has 0 saturated carbocycles. The summed E-state index contributed by atoms with van der Waals surface area (Å²) in [6.07, 6.45) is 1.35. The average molecular weight is 229 g/mol. The zero-order chi connectivity index (χ0) is 12.2. The zero-order valence-electron chi connectivity index (χ0n) is 10.0. The number of rotatable bonds is 3. The van der Waals surface area contributed by atoms with E-state index in [1.807, 2.05) is 0 Å². The van der Waals surface area contributed by atoms with Crippen LogP contribution in [0.1, 0.15) is 33.6 Å². The molecule has 1 atom stereocenters. The first-order chi connectivity index (χ1) is 7.42. The molecule has 1 fully saturated rings. The smallest absolute Gasteiger partial charge is 0.422 e. The molecule has 1 aliphatic rings. The van der Waals surface area contributed by atoms with E-state index in [1.54, 1.807) is 25.8 Å². The molecule has 0 aromatic heterocycles. The van der Waals surface area contributed by atoms with Gasteiger partial charge in [-0.3, -0.25) is 5.43 Å². The molecule has 1 heterocycles. The number of carbonyl (C=O) groups excluding carboxylic acids is 1. The van der Waals surface area contributed by atoms with Crippen LogP contribution in [0.3, 0.4) is 0 Å². The molecule has 1 N–H and O–H groups in total. The van der Waals surface area contributed by atoms with Crippen LogP contribution < -0.4 is 5.43 Å². The Kier molecular flexibility index (Phi) is 4.23. The Morgan fingerprint density at radius 3 is 2.81 bits per heavy atom. The van der Waals surface area contributed by atoms with Crippen molar-refractivity contribution in [3.63, 3.8) is 0 Å². The van der Waals surface area contributed by atoms with E-state index in [-0.39, 0.29) is 12.6 Å². The van der Waals surface area contributed by atoms with E-state index in [4.69, 9.17) is 4.74 Å². The lowest BCUT2D eigenvalue weighted by atomic mass is 10.2. The first-order valence-electron chi connectivity index (χ1n) is 5.48. The highest BCUT2D eigenvalue weighted by Gasteiger charge is 2.27. The van der Waals surface area contributed by atoms with E-state index in [9.17, 15) is 9.70 Å². The maximum Gasteiger partial charge on any atom is 0.422 e. The number of hydrogen-bond donors (Lipinski definition) is 1. The Morgan fingerprint density at radius 2 is 2.25 bits per heavy atom. The monoisotopic (exact) mass is 229 g/mol. The zero-order valence-corrected chi connectivity index (χ0v) is 10.0. The molecule has 6 heteroatoms. The van der Waals surface area contributed by atoms with Crippen molar-refractivity contribution in [3.8, 4) is 0 Å². The minimum Gasteiger partial charge on any atom is -0.443 e. The van der Waals surface area contributed by atoms with Gasteiger partial charge < -0.3 is 4.74 Å². The fourth-order valence-electron chi connectivity index (χ4n) is 1.68. The van der Waals surface area contributed by atoms with Crippen molar-refractivity contribution in [2.75, 3.05) is 13.1 Å². The molecule has 6 nitrogen and oxygen atoms in total. The highest BCUT2D eigenvalue weighted by atomic mass is 16.6. The van der Waals surface area contributed by atoms with Crippen molar-refractivity contribution in [2.45, 2.75) is 45.3 Å². The van der Waals surface area contributed by atoms with Crippen molar-refractivity contribution < 1.29 is 9.53 Å². The van der Waals surface area contributed by atoms with Gasteiger partial charge in [-0.25, -0.2) is 9.80 Å². The van der Waals surface area contributed by atoms with Crippen molar-refractivity contribution in [1.82, 2.24) is 10.4 Å². The predicted molar refractivity (Wildman–Crippen MR) is 59.8 cm³/mol. The van der Waals surface area contributed by atoms with Crippen molar-refractivity contribution in [3.05, 3.63) is 4.91 Å². The lowest BCUT2D eigenvalue weighted by Crippen LogP contribution is -2.48. The van der Waals surface area contributed by atoms with Gasteiger partial charge in [0.05, 0.1) is 12.6 Å². The fraction of sp³-hybridized carbons (Fsp3) is 0.900. The molecule has 1 aliphatic heterocycles. The standard InChI is InChI=1S/C10H19N3O3/c1-10(2,3)16-9(14)12-13-6-4-5-8(13)7-11-15/h8H,4-7H2,1-3H3,(H,12,14). The summed E-state index contributed by atoms with van der Waals surface area (Å²) in [5, 5.41) is 4.60. The fourth-order valence-corrected chi connectivity index (χ4v) is 1.68. The highest BCUT2D eigenvalue weighted by Crippen LogP contribution is 2.15. The van der Waals surface area contributed by atoms with Crippen molar-refractivity contribution >= 4 is 6.09 Å². The lowest BCUT2D eigenvalue weighted by Gasteiger charge is -2.26. The van der Waals surface area contributed by atoms with Crippen LogP contribution in [0.25, 0.3) is 0 Å². The van der Waals surface area contributed by atoms with Crippen LogP contribution in [0.5, 0.6) is 0 Å². The SMILES string of the molecule is CC(C)(C)OC(=O)NN1CCCC1CN=O. The minimum absolute atomic E-state index is 0.00465. The minimum atomic E-state index is -0.512. The molecule has 0 spiro atoms. The predicted octanol–water partition coefficient (Wildman–Crippen LogP) is 1.66. The van der Waals surface area contributed by atoms with Gasteiger partial charge in [-0.2, -0.15) is 4.91 Å². The number of nitrogens with one attached hydrogen (secondary N) is 1. The van der Waals surface area contributed by atoms with Crippen LogP contribution in [0, 0.1) is 4.91 Å². The largest absolute Gasteiger partial charge is 0.443 e. The molecular weight excluding hydrogens is 210 g/mol. The normalized spacial score (nSPS) is 21.8. The van der Waals surface area contributed by atoms with Crippen LogP contribution in [0.2, 0.25) is 0 Å². The molecule has 1 saturated heterocycles. The number of amides is 1. The number of hydrogen-bond acceptors (Lipinski definition) is 5. The summed E-state index contributed by atoms with van der Waals surface area (Å²) >= 11 is 0. The lowest BCUT2D eigenvalue weighted by molar-refractivity contribution is 0.0313. The quantitative estimate of drug-likeness (QED) is 0.747. The Morgan fingerprint density at radius 1 is 1.56 bits per heavy atom. The van der Waals surface area contributed by atoms with Crippen LogP contribution in [0.4, 0.5) is 4.79 Å². The summed E-state index contributed by atoms with van der Waals surface area (Å²) < 4.78 is 5.13. The summed E-state index contributed by atoms with van der Waals surface area (Å²) in [6.45, 7) is 6.36. The van der Waals surface area contributed by atoms with Crippen LogP contribution >= 0.6 is 0 Å². The van der Waals surface area contributed by atoms with Gasteiger partial charge in [0.25, 0.3) is 0 Å². The van der Waals surface area contributed by atoms with E-state index >= 15 is 0 Å². The number of nitrogens with zero attached hydrogens (tertiary/aromatic N) is 2. The van der Waals surface area contributed by atoms with Gasteiger partial charge >= 0.3 is 6.09 Å². The summed E-state index contributed by atoms with van der Waals surface area (Å²) in [5.41, 5.74) is 2.13. The molecule has 0 aliphatic carbocycles. The van der Waals surface area contributed by atoms with Gasteiger partial charge in [0, 0.05) is 6.54 Å². The number of hydrazine groups is 1.